The molecule has 0 unspecified atom stereocenters. The third-order valence-electron chi connectivity index (χ3n) is 3.31. The summed E-state index contributed by atoms with van der Waals surface area (Å²) in [6.45, 7) is 1.49. The van der Waals surface area contributed by atoms with E-state index in [1.807, 2.05) is 18.2 Å². The molecular formula is C16H16ClN3OS. The van der Waals surface area contributed by atoms with Gasteiger partial charge in [0.25, 0.3) is 0 Å². The molecule has 1 N–H and O–H groups in total. The number of methoxy groups -OCH3 is 1. The molecule has 3 aromatic rings. The van der Waals surface area contributed by atoms with E-state index in [4.69, 9.17) is 16.3 Å². The van der Waals surface area contributed by atoms with Gasteiger partial charge in [-0.05, 0) is 23.6 Å². The second kappa shape index (κ2) is 7.05. The summed E-state index contributed by atoms with van der Waals surface area (Å²) in [5.41, 5.74) is 2.28. The van der Waals surface area contributed by atoms with Crippen molar-refractivity contribution in [2.75, 3.05) is 25.6 Å². The van der Waals surface area contributed by atoms with Gasteiger partial charge in [0, 0.05) is 31.2 Å². The van der Waals surface area contributed by atoms with Gasteiger partial charge in [-0.1, -0.05) is 30.3 Å². The Hall–Kier alpha value is -1.69. The van der Waals surface area contributed by atoms with E-state index in [-0.39, 0.29) is 5.28 Å². The molecule has 0 aliphatic carbocycles. The number of thiophene rings is 1. The Kier molecular flexibility index (Phi) is 4.87. The van der Waals surface area contributed by atoms with Crippen LogP contribution < -0.4 is 5.32 Å². The molecule has 0 aliphatic heterocycles. The zero-order valence-corrected chi connectivity index (χ0v) is 13.7. The highest BCUT2D eigenvalue weighted by Gasteiger charge is 2.14. The lowest BCUT2D eigenvalue weighted by Gasteiger charge is -2.09. The maximum Gasteiger partial charge on any atom is 0.225 e. The van der Waals surface area contributed by atoms with E-state index < -0.39 is 0 Å². The van der Waals surface area contributed by atoms with Crippen LogP contribution in [-0.4, -0.2) is 30.2 Å². The van der Waals surface area contributed by atoms with Crippen LogP contribution in [-0.2, 0) is 4.74 Å². The van der Waals surface area contributed by atoms with Gasteiger partial charge in [0.1, 0.15) is 10.6 Å². The second-order valence-corrected chi connectivity index (χ2v) is 6.01. The predicted octanol–water partition coefficient (Wildman–Crippen LogP) is 4.46. The van der Waals surface area contributed by atoms with Crippen molar-refractivity contribution in [3.05, 3.63) is 41.0 Å². The zero-order chi connectivity index (χ0) is 15.4. The van der Waals surface area contributed by atoms with Crippen molar-refractivity contribution in [2.45, 2.75) is 6.42 Å². The first kappa shape index (κ1) is 15.2. The molecule has 22 heavy (non-hydrogen) atoms. The molecular weight excluding hydrogens is 318 g/mol. The molecule has 1 aromatic carbocycles. The Balaban J connectivity index is 2.00. The van der Waals surface area contributed by atoms with Gasteiger partial charge in [-0.2, -0.15) is 0 Å². The van der Waals surface area contributed by atoms with Crippen molar-refractivity contribution >= 4 is 39.0 Å². The van der Waals surface area contributed by atoms with Crippen LogP contribution in [0.2, 0.25) is 5.28 Å². The van der Waals surface area contributed by atoms with E-state index in [0.717, 1.165) is 40.1 Å². The number of halogens is 1. The number of fused-ring (bicyclic) bond motifs is 1. The van der Waals surface area contributed by atoms with Crippen LogP contribution in [0.15, 0.2) is 35.7 Å². The van der Waals surface area contributed by atoms with Crippen molar-refractivity contribution in [2.24, 2.45) is 0 Å². The average Bonchev–Trinajstić information content (AvgIpc) is 2.96. The molecule has 0 fully saturated rings. The highest BCUT2D eigenvalue weighted by Crippen LogP contribution is 2.37. The van der Waals surface area contributed by atoms with Crippen LogP contribution >= 0.6 is 22.9 Å². The summed E-state index contributed by atoms with van der Waals surface area (Å²) in [5.74, 6) is 0.784. The molecule has 0 atom stereocenters. The van der Waals surface area contributed by atoms with Crippen molar-refractivity contribution in [1.29, 1.82) is 0 Å². The van der Waals surface area contributed by atoms with Gasteiger partial charge < -0.3 is 10.1 Å². The van der Waals surface area contributed by atoms with Crippen molar-refractivity contribution < 1.29 is 4.74 Å². The lowest BCUT2D eigenvalue weighted by molar-refractivity contribution is 0.198. The number of ether oxygens (including phenoxy) is 1. The minimum Gasteiger partial charge on any atom is -0.385 e. The Morgan fingerprint density at radius 1 is 1.23 bits per heavy atom. The summed E-state index contributed by atoms with van der Waals surface area (Å²) in [4.78, 5) is 9.60. The summed E-state index contributed by atoms with van der Waals surface area (Å²) in [5, 5.41) is 6.75. The number of rotatable bonds is 6. The highest BCUT2D eigenvalue weighted by molar-refractivity contribution is 7.17. The quantitative estimate of drug-likeness (QED) is 0.534. The molecule has 0 saturated carbocycles. The fraction of sp³-hybridized carbons (Fsp3) is 0.250. The molecule has 114 valence electrons. The van der Waals surface area contributed by atoms with Crippen molar-refractivity contribution in [3.63, 3.8) is 0 Å². The van der Waals surface area contributed by atoms with Gasteiger partial charge in [-0.3, -0.25) is 0 Å². The summed E-state index contributed by atoms with van der Waals surface area (Å²) < 4.78 is 5.07. The number of nitrogens with zero attached hydrogens (tertiary/aromatic N) is 2. The van der Waals surface area contributed by atoms with E-state index in [1.54, 1.807) is 18.4 Å². The molecule has 0 aliphatic rings. The van der Waals surface area contributed by atoms with Gasteiger partial charge in [0.05, 0.1) is 5.39 Å². The Labute approximate surface area is 138 Å². The Morgan fingerprint density at radius 3 is 2.82 bits per heavy atom. The zero-order valence-electron chi connectivity index (χ0n) is 12.2. The van der Waals surface area contributed by atoms with Gasteiger partial charge in [0.2, 0.25) is 5.28 Å². The third-order valence-corrected chi connectivity index (χ3v) is 4.35. The van der Waals surface area contributed by atoms with E-state index >= 15 is 0 Å². The van der Waals surface area contributed by atoms with Gasteiger partial charge in [-0.25, -0.2) is 9.97 Å². The molecule has 0 bridgehead atoms. The summed E-state index contributed by atoms with van der Waals surface area (Å²) in [6, 6.07) is 10.2. The molecule has 0 radical (unpaired) electrons. The molecule has 0 saturated heterocycles. The molecule has 4 nitrogen and oxygen atoms in total. The number of nitrogens with one attached hydrogen (secondary N) is 1. The molecule has 0 spiro atoms. The number of hydrogen-bond acceptors (Lipinski definition) is 5. The van der Waals surface area contributed by atoms with Gasteiger partial charge in [0.15, 0.2) is 0 Å². The molecule has 2 aromatic heterocycles. The number of benzene rings is 1. The van der Waals surface area contributed by atoms with E-state index in [9.17, 15) is 0 Å². The lowest BCUT2D eigenvalue weighted by atomic mass is 10.1. The monoisotopic (exact) mass is 333 g/mol. The lowest BCUT2D eigenvalue weighted by Crippen LogP contribution is -2.07. The van der Waals surface area contributed by atoms with E-state index in [0.29, 0.717) is 6.61 Å². The Morgan fingerprint density at radius 2 is 2.05 bits per heavy atom. The summed E-state index contributed by atoms with van der Waals surface area (Å²) >= 11 is 7.62. The molecule has 6 heteroatoms. The van der Waals surface area contributed by atoms with Crippen LogP contribution in [0.4, 0.5) is 5.82 Å². The maximum absolute atomic E-state index is 6.04. The first-order chi connectivity index (χ1) is 10.8. The SMILES string of the molecule is COCCCNc1nc(Cl)nc2scc(-c3ccccc3)c12. The topological polar surface area (TPSA) is 47.0 Å². The van der Waals surface area contributed by atoms with Crippen LogP contribution in [0.3, 0.4) is 0 Å². The maximum atomic E-state index is 6.04. The van der Waals surface area contributed by atoms with Crippen LogP contribution in [0.5, 0.6) is 0 Å². The second-order valence-electron chi connectivity index (χ2n) is 4.81. The fourth-order valence-electron chi connectivity index (χ4n) is 2.30. The van der Waals surface area contributed by atoms with Crippen LogP contribution in [0, 0.1) is 0 Å². The van der Waals surface area contributed by atoms with Crippen LogP contribution in [0.1, 0.15) is 6.42 Å². The van der Waals surface area contributed by atoms with Gasteiger partial charge in [-0.15, -0.1) is 11.3 Å². The number of anilines is 1. The largest absolute Gasteiger partial charge is 0.385 e. The summed E-state index contributed by atoms with van der Waals surface area (Å²) in [7, 11) is 1.70. The predicted molar refractivity (Wildman–Crippen MR) is 92.8 cm³/mol. The minimum atomic E-state index is 0.267. The van der Waals surface area contributed by atoms with E-state index in [1.165, 1.54) is 0 Å². The fourth-order valence-corrected chi connectivity index (χ4v) is 3.46. The third kappa shape index (κ3) is 3.21. The van der Waals surface area contributed by atoms with E-state index in [2.05, 4.69) is 32.8 Å². The van der Waals surface area contributed by atoms with Crippen molar-refractivity contribution in [1.82, 2.24) is 9.97 Å². The Bertz CT molecular complexity index is 761. The van der Waals surface area contributed by atoms with Gasteiger partial charge >= 0.3 is 0 Å². The standard InChI is InChI=1S/C16H16ClN3OS/c1-21-9-5-8-18-14-13-12(11-6-3-2-4-7-11)10-22-15(13)20-16(17)19-14/h2-4,6-7,10H,5,8-9H2,1H3,(H,18,19,20). The number of aromatic nitrogens is 2. The summed E-state index contributed by atoms with van der Waals surface area (Å²) in [6.07, 6.45) is 0.907. The first-order valence-electron chi connectivity index (χ1n) is 7.02. The average molecular weight is 334 g/mol. The normalized spacial score (nSPS) is 11.0. The molecule has 2 heterocycles. The number of hydrogen-bond donors (Lipinski definition) is 1. The smallest absolute Gasteiger partial charge is 0.225 e. The van der Waals surface area contributed by atoms with Crippen LogP contribution in [0.25, 0.3) is 21.3 Å². The molecule has 0 amide bonds. The molecule has 3 rings (SSSR count). The van der Waals surface area contributed by atoms with Crippen molar-refractivity contribution in [3.8, 4) is 11.1 Å². The minimum absolute atomic E-state index is 0.267. The first-order valence-corrected chi connectivity index (χ1v) is 8.28. The highest BCUT2D eigenvalue weighted by atomic mass is 35.5.